The van der Waals surface area contributed by atoms with Crippen molar-refractivity contribution in [1.82, 2.24) is 14.3 Å². The van der Waals surface area contributed by atoms with E-state index < -0.39 is 16.1 Å². The van der Waals surface area contributed by atoms with E-state index in [1.54, 1.807) is 19.1 Å². The molecule has 1 amide bonds. The van der Waals surface area contributed by atoms with Gasteiger partial charge in [0.05, 0.1) is 16.8 Å². The van der Waals surface area contributed by atoms with Gasteiger partial charge in [-0.15, -0.1) is 0 Å². The molecule has 1 aliphatic rings. The van der Waals surface area contributed by atoms with Crippen LogP contribution in [0.5, 0.6) is 5.06 Å². The molecule has 0 aliphatic carbocycles. The maximum Gasteiger partial charge on any atom is 0.410 e. The van der Waals surface area contributed by atoms with Gasteiger partial charge in [-0.2, -0.15) is 4.31 Å². The molecule has 0 unspecified atom stereocenters. The Kier molecular flexibility index (Phi) is 5.49. The van der Waals surface area contributed by atoms with Crippen LogP contribution >= 0.6 is 11.3 Å². The Labute approximate surface area is 182 Å². The van der Waals surface area contributed by atoms with Crippen LogP contribution < -0.4 is 21.1 Å². The number of nitrogen functional groups attached to an aromatic ring is 1. The summed E-state index contributed by atoms with van der Waals surface area (Å²) in [6.45, 7) is 5.00. The van der Waals surface area contributed by atoms with Crippen LogP contribution in [0.25, 0.3) is 21.7 Å². The van der Waals surface area contributed by atoms with Crippen LogP contribution in [0.3, 0.4) is 0 Å². The molecule has 4 heterocycles. The summed E-state index contributed by atoms with van der Waals surface area (Å²) in [5.41, 5.74) is 12.0. The fourth-order valence-electron chi connectivity index (χ4n) is 3.39. The maximum atomic E-state index is 12.1. The Balaban J connectivity index is 1.76. The third-order valence-electron chi connectivity index (χ3n) is 4.99. The van der Waals surface area contributed by atoms with Gasteiger partial charge in [0.2, 0.25) is 21.0 Å². The molecule has 31 heavy (non-hydrogen) atoms. The topological polar surface area (TPSA) is 158 Å². The van der Waals surface area contributed by atoms with Crippen molar-refractivity contribution in [2.75, 3.05) is 42.6 Å². The molecular weight excluding hydrogens is 444 g/mol. The molecule has 0 saturated carbocycles. The zero-order valence-corrected chi connectivity index (χ0v) is 18.6. The van der Waals surface area contributed by atoms with Gasteiger partial charge in [-0.3, -0.25) is 0 Å². The fourth-order valence-corrected chi connectivity index (χ4v) is 5.42. The molecule has 4 N–H and O–H groups in total. The van der Waals surface area contributed by atoms with Gasteiger partial charge in [-0.25, -0.2) is 23.2 Å². The second kappa shape index (κ2) is 7.98. The van der Waals surface area contributed by atoms with E-state index in [-0.39, 0.29) is 16.5 Å². The Morgan fingerprint density at radius 1 is 1.26 bits per heavy atom. The summed E-state index contributed by atoms with van der Waals surface area (Å²) in [5.74, 6) is 1.67. The summed E-state index contributed by atoms with van der Waals surface area (Å²) in [4.78, 5) is 22.9. The molecule has 4 rings (SSSR count). The molecule has 3 aromatic rings. The van der Waals surface area contributed by atoms with Gasteiger partial charge >= 0.3 is 6.09 Å². The molecule has 0 atom stereocenters. The normalized spacial score (nSPS) is 15.5. The summed E-state index contributed by atoms with van der Waals surface area (Å²) in [5, 5.41) is 0.642. The zero-order valence-electron chi connectivity index (χ0n) is 17.0. The summed E-state index contributed by atoms with van der Waals surface area (Å²) < 4.78 is 36.5. The van der Waals surface area contributed by atoms with Crippen molar-refractivity contribution in [3.8, 4) is 16.5 Å². The molecule has 1 fully saturated rings. The standard InChI is InChI=1S/C18H22N6O5S2/c1-3-31(26,27)24-8-6-23(7-9-24)18-21-14(11-5-4-10(2)28-11)12-13(19)16(29-17(20)25)30-15(12)22-18/h4-5H,3,6-9,19H2,1-2H3,(H2,20,25). The second-order valence-corrected chi connectivity index (χ2v) is 10.2. The first kappa shape index (κ1) is 21.3. The minimum Gasteiger partial charge on any atom is -0.460 e. The quantitative estimate of drug-likeness (QED) is 0.571. The van der Waals surface area contributed by atoms with Crippen molar-refractivity contribution in [3.63, 3.8) is 0 Å². The molecule has 0 aromatic carbocycles. The average Bonchev–Trinajstić information content (AvgIpc) is 3.30. The SMILES string of the molecule is CCS(=O)(=O)N1CCN(c2nc(-c3ccc(C)o3)c3c(N)c(OC(N)=O)sc3n2)CC1. The van der Waals surface area contributed by atoms with Crippen molar-refractivity contribution in [1.29, 1.82) is 0 Å². The molecule has 0 radical (unpaired) electrons. The zero-order chi connectivity index (χ0) is 22.3. The van der Waals surface area contributed by atoms with E-state index >= 15 is 0 Å². The molecule has 1 aliphatic heterocycles. The molecular formula is C18H22N6O5S2. The van der Waals surface area contributed by atoms with E-state index in [4.69, 9.17) is 20.6 Å². The molecule has 3 aromatic heterocycles. The van der Waals surface area contributed by atoms with E-state index in [0.717, 1.165) is 11.3 Å². The highest BCUT2D eigenvalue weighted by molar-refractivity contribution is 7.89. The number of nitrogens with zero attached hydrogens (tertiary/aromatic N) is 4. The number of carbonyl (C=O) groups excluding carboxylic acids is 1. The highest BCUT2D eigenvalue weighted by atomic mass is 32.2. The number of anilines is 2. The molecule has 166 valence electrons. The monoisotopic (exact) mass is 466 g/mol. The number of ether oxygens (including phenoxy) is 1. The second-order valence-electron chi connectivity index (χ2n) is 6.97. The first-order valence-corrected chi connectivity index (χ1v) is 12.0. The number of hydrogen-bond acceptors (Lipinski definition) is 10. The number of furan rings is 1. The number of aryl methyl sites for hydroxylation is 1. The van der Waals surface area contributed by atoms with Crippen LogP contribution in [0, 0.1) is 6.92 Å². The Hall–Kier alpha value is -2.90. The molecule has 13 heteroatoms. The van der Waals surface area contributed by atoms with E-state index in [9.17, 15) is 13.2 Å². The Morgan fingerprint density at radius 3 is 2.55 bits per heavy atom. The van der Waals surface area contributed by atoms with E-state index in [0.29, 0.717) is 59.6 Å². The molecule has 11 nitrogen and oxygen atoms in total. The highest BCUT2D eigenvalue weighted by Crippen LogP contribution is 2.44. The van der Waals surface area contributed by atoms with Gasteiger partial charge in [-0.05, 0) is 26.0 Å². The highest BCUT2D eigenvalue weighted by Gasteiger charge is 2.28. The number of fused-ring (bicyclic) bond motifs is 1. The number of amides is 1. The van der Waals surface area contributed by atoms with Crippen molar-refractivity contribution in [2.24, 2.45) is 5.73 Å². The third kappa shape index (κ3) is 4.03. The summed E-state index contributed by atoms with van der Waals surface area (Å²) in [7, 11) is -3.25. The molecule has 0 spiro atoms. The van der Waals surface area contributed by atoms with Crippen LogP contribution in [0.1, 0.15) is 12.7 Å². The van der Waals surface area contributed by atoms with Gasteiger partial charge in [0.1, 0.15) is 16.3 Å². The molecule has 1 saturated heterocycles. The van der Waals surface area contributed by atoms with Crippen LogP contribution in [-0.2, 0) is 10.0 Å². The maximum absolute atomic E-state index is 12.1. The number of primary amides is 1. The van der Waals surface area contributed by atoms with Crippen LogP contribution in [0.4, 0.5) is 16.4 Å². The third-order valence-corrected chi connectivity index (χ3v) is 7.85. The Morgan fingerprint density at radius 2 is 1.97 bits per heavy atom. The first-order chi connectivity index (χ1) is 14.7. The predicted octanol–water partition coefficient (Wildman–Crippen LogP) is 1.77. The van der Waals surface area contributed by atoms with Crippen molar-refractivity contribution >= 4 is 49.3 Å². The number of sulfonamides is 1. The number of piperazine rings is 1. The van der Waals surface area contributed by atoms with Gasteiger partial charge in [0.25, 0.3) is 0 Å². The molecule has 0 bridgehead atoms. The summed E-state index contributed by atoms with van der Waals surface area (Å²) >= 11 is 1.08. The Bertz CT molecular complexity index is 1240. The minimum atomic E-state index is -3.25. The van der Waals surface area contributed by atoms with Crippen molar-refractivity contribution < 1.29 is 22.4 Å². The van der Waals surface area contributed by atoms with E-state index in [2.05, 4.69) is 9.97 Å². The van der Waals surface area contributed by atoms with Crippen LogP contribution in [0.15, 0.2) is 16.5 Å². The van der Waals surface area contributed by atoms with Crippen LogP contribution in [0.2, 0.25) is 0 Å². The van der Waals surface area contributed by atoms with Gasteiger partial charge < -0.3 is 25.5 Å². The number of carbonyl (C=O) groups is 1. The summed E-state index contributed by atoms with van der Waals surface area (Å²) in [6.07, 6.45) is -0.977. The van der Waals surface area contributed by atoms with Gasteiger partial charge in [0.15, 0.2) is 5.76 Å². The number of rotatable bonds is 5. The van der Waals surface area contributed by atoms with Gasteiger partial charge in [-0.1, -0.05) is 11.3 Å². The lowest BCUT2D eigenvalue weighted by Gasteiger charge is -2.33. The number of hydrogen-bond donors (Lipinski definition) is 2. The lowest BCUT2D eigenvalue weighted by molar-refractivity contribution is 0.212. The van der Waals surface area contributed by atoms with E-state index in [1.165, 1.54) is 4.31 Å². The largest absolute Gasteiger partial charge is 0.460 e. The first-order valence-electron chi connectivity index (χ1n) is 9.56. The lowest BCUT2D eigenvalue weighted by atomic mass is 10.2. The fraction of sp³-hybridized carbons (Fsp3) is 0.389. The lowest BCUT2D eigenvalue weighted by Crippen LogP contribution is -2.49. The number of nitrogens with two attached hydrogens (primary N) is 2. The van der Waals surface area contributed by atoms with E-state index in [1.807, 2.05) is 11.8 Å². The summed E-state index contributed by atoms with van der Waals surface area (Å²) in [6, 6.07) is 3.58. The van der Waals surface area contributed by atoms with Crippen molar-refractivity contribution in [2.45, 2.75) is 13.8 Å². The predicted molar refractivity (Wildman–Crippen MR) is 118 cm³/mol. The van der Waals surface area contributed by atoms with Crippen molar-refractivity contribution in [3.05, 3.63) is 17.9 Å². The smallest absolute Gasteiger partial charge is 0.410 e. The number of thiophene rings is 1. The average molecular weight is 467 g/mol. The van der Waals surface area contributed by atoms with Gasteiger partial charge in [0, 0.05) is 26.2 Å². The van der Waals surface area contributed by atoms with Crippen LogP contribution in [-0.4, -0.2) is 60.7 Å². The minimum absolute atomic E-state index is 0.0641. The number of aromatic nitrogens is 2.